The third-order valence-electron chi connectivity index (χ3n) is 2.54. The van der Waals surface area contributed by atoms with Crippen molar-refractivity contribution in [3.8, 4) is 5.88 Å². The fourth-order valence-corrected chi connectivity index (χ4v) is 2.06. The van der Waals surface area contributed by atoms with Crippen molar-refractivity contribution in [1.29, 1.82) is 0 Å². The molecule has 112 valence electrons. The first-order valence-electron chi connectivity index (χ1n) is 5.85. The second-order valence-electron chi connectivity index (χ2n) is 4.04. The quantitative estimate of drug-likeness (QED) is 0.825. The fourth-order valence-electron chi connectivity index (χ4n) is 1.55. The molecule has 1 aromatic carbocycles. The van der Waals surface area contributed by atoms with E-state index in [2.05, 4.69) is 20.0 Å². The zero-order chi connectivity index (χ0) is 15.3. The number of ether oxygens (including phenoxy) is 1. The number of rotatable bonds is 6. The summed E-state index contributed by atoms with van der Waals surface area (Å²) < 4.78 is 38.9. The first kappa shape index (κ1) is 15.1. The second kappa shape index (κ2) is 6.46. The van der Waals surface area contributed by atoms with E-state index in [1.807, 2.05) is 0 Å². The maximum absolute atomic E-state index is 12.0. The fraction of sp³-hybridized carbons (Fsp3) is 0.167. The highest BCUT2D eigenvalue weighted by molar-refractivity contribution is 7.89. The predicted molar refractivity (Wildman–Crippen MR) is 73.8 cm³/mol. The molecule has 2 rings (SSSR count). The summed E-state index contributed by atoms with van der Waals surface area (Å²) in [4.78, 5) is 7.88. The van der Waals surface area contributed by atoms with Gasteiger partial charge in [-0.2, -0.15) is 4.98 Å². The van der Waals surface area contributed by atoms with Gasteiger partial charge in [-0.15, -0.1) is 0 Å². The summed E-state index contributed by atoms with van der Waals surface area (Å²) >= 11 is 0. The lowest BCUT2D eigenvalue weighted by molar-refractivity contribution is 0.184. The number of benzene rings is 1. The summed E-state index contributed by atoms with van der Waals surface area (Å²) in [6, 6.07) is 6.09. The Labute approximate surface area is 121 Å². The van der Waals surface area contributed by atoms with Gasteiger partial charge in [-0.25, -0.2) is 17.9 Å². The molecule has 0 aliphatic heterocycles. The van der Waals surface area contributed by atoms with Crippen LogP contribution in [-0.2, 0) is 16.6 Å². The van der Waals surface area contributed by atoms with Crippen molar-refractivity contribution in [2.75, 3.05) is 12.2 Å². The van der Waals surface area contributed by atoms with Gasteiger partial charge < -0.3 is 10.1 Å². The highest BCUT2D eigenvalue weighted by atomic mass is 32.2. The van der Waals surface area contributed by atoms with Gasteiger partial charge in [0.05, 0.1) is 17.3 Å². The van der Waals surface area contributed by atoms with Crippen molar-refractivity contribution in [2.45, 2.75) is 11.4 Å². The average molecular weight is 312 g/mol. The zero-order valence-electron chi connectivity index (χ0n) is 10.9. The Hall–Kier alpha value is -2.26. The van der Waals surface area contributed by atoms with Crippen LogP contribution in [-0.4, -0.2) is 25.2 Å². The Morgan fingerprint density at radius 1 is 1.24 bits per heavy atom. The summed E-state index contributed by atoms with van der Waals surface area (Å²) in [6.07, 6.45) is 2.76. The minimum absolute atomic E-state index is 0.0457. The molecule has 0 aliphatic carbocycles. The van der Waals surface area contributed by atoms with Crippen LogP contribution >= 0.6 is 0 Å². The molecule has 7 nitrogen and oxygen atoms in total. The number of hydrogen-bond donors (Lipinski definition) is 2. The lowest BCUT2D eigenvalue weighted by atomic mass is 10.2. The third kappa shape index (κ3) is 4.36. The molecule has 0 radical (unpaired) electrons. The smallest absolute Gasteiger partial charge is 0.238 e. The van der Waals surface area contributed by atoms with E-state index in [9.17, 15) is 12.8 Å². The van der Waals surface area contributed by atoms with Gasteiger partial charge in [0.2, 0.25) is 22.8 Å². The van der Waals surface area contributed by atoms with Crippen molar-refractivity contribution in [3.63, 3.8) is 0 Å². The molecule has 0 saturated carbocycles. The van der Waals surface area contributed by atoms with Crippen LogP contribution in [0, 0.1) is 0 Å². The van der Waals surface area contributed by atoms with Gasteiger partial charge in [0.15, 0.2) is 0 Å². The Balaban J connectivity index is 2.01. The van der Waals surface area contributed by atoms with Crippen LogP contribution in [0.2, 0.25) is 0 Å². The van der Waals surface area contributed by atoms with Crippen molar-refractivity contribution in [2.24, 2.45) is 5.14 Å². The van der Waals surface area contributed by atoms with E-state index in [0.29, 0.717) is 12.4 Å². The van der Waals surface area contributed by atoms with Gasteiger partial charge in [-0.1, -0.05) is 12.1 Å². The number of alkyl halides is 1. The number of halogens is 1. The lowest BCUT2D eigenvalue weighted by Gasteiger charge is -2.07. The molecule has 3 N–H and O–H groups in total. The topological polar surface area (TPSA) is 107 Å². The van der Waals surface area contributed by atoms with Crippen molar-refractivity contribution in [1.82, 2.24) is 9.97 Å². The van der Waals surface area contributed by atoms with Gasteiger partial charge in [-0.3, -0.25) is 4.98 Å². The number of hydrogen-bond acceptors (Lipinski definition) is 6. The van der Waals surface area contributed by atoms with Gasteiger partial charge in [0.25, 0.3) is 0 Å². The molecule has 0 amide bonds. The van der Waals surface area contributed by atoms with E-state index < -0.39 is 16.9 Å². The van der Waals surface area contributed by atoms with Crippen molar-refractivity contribution >= 4 is 15.8 Å². The normalized spacial score (nSPS) is 11.1. The molecule has 21 heavy (non-hydrogen) atoms. The monoisotopic (exact) mass is 312 g/mol. The van der Waals surface area contributed by atoms with E-state index in [4.69, 9.17) is 5.14 Å². The summed E-state index contributed by atoms with van der Waals surface area (Å²) in [7, 11) is -3.69. The summed E-state index contributed by atoms with van der Waals surface area (Å²) in [5, 5.41) is 7.97. The molecule has 0 unspecified atom stereocenters. The van der Waals surface area contributed by atoms with E-state index in [1.165, 1.54) is 24.5 Å². The highest BCUT2D eigenvalue weighted by Gasteiger charge is 2.06. The van der Waals surface area contributed by atoms with Gasteiger partial charge in [-0.05, 0) is 17.7 Å². The largest absolute Gasteiger partial charge is 0.445 e. The Morgan fingerprint density at radius 2 is 1.95 bits per heavy atom. The molecule has 0 spiro atoms. The molecule has 0 atom stereocenters. The maximum Gasteiger partial charge on any atom is 0.238 e. The summed E-state index contributed by atoms with van der Waals surface area (Å²) in [5.74, 6) is 0.489. The van der Waals surface area contributed by atoms with Crippen LogP contribution in [0.15, 0.2) is 41.6 Å². The number of nitrogens with one attached hydrogen (secondary N) is 1. The second-order valence-corrected chi connectivity index (χ2v) is 5.60. The maximum atomic E-state index is 12.0. The summed E-state index contributed by atoms with van der Waals surface area (Å²) in [5.41, 5.74) is 0.820. The Bertz CT molecular complexity index is 707. The van der Waals surface area contributed by atoms with E-state index in [1.54, 1.807) is 12.1 Å². The van der Waals surface area contributed by atoms with Crippen molar-refractivity contribution in [3.05, 3.63) is 42.2 Å². The third-order valence-corrected chi connectivity index (χ3v) is 3.47. The van der Waals surface area contributed by atoms with Gasteiger partial charge in [0, 0.05) is 6.54 Å². The number of anilines is 1. The molecule has 0 fully saturated rings. The van der Waals surface area contributed by atoms with E-state index in [-0.39, 0.29) is 10.8 Å². The molecule has 2 aromatic rings. The number of primary sulfonamides is 1. The molecule has 1 aromatic heterocycles. The molecule has 0 aliphatic rings. The minimum atomic E-state index is -3.69. The average Bonchev–Trinajstić information content (AvgIpc) is 2.45. The molecular weight excluding hydrogens is 299 g/mol. The van der Waals surface area contributed by atoms with Crippen molar-refractivity contribution < 1.29 is 17.5 Å². The van der Waals surface area contributed by atoms with Gasteiger partial charge in [0.1, 0.15) is 5.82 Å². The number of nitrogens with zero attached hydrogens (tertiary/aromatic N) is 2. The van der Waals surface area contributed by atoms with Crippen LogP contribution in [0.5, 0.6) is 5.88 Å². The lowest BCUT2D eigenvalue weighted by Crippen LogP contribution is -2.12. The molecule has 1 heterocycles. The van der Waals surface area contributed by atoms with Crippen LogP contribution in [0.1, 0.15) is 5.56 Å². The molecule has 0 bridgehead atoms. The van der Waals surface area contributed by atoms with Crippen LogP contribution < -0.4 is 15.2 Å². The summed E-state index contributed by atoms with van der Waals surface area (Å²) in [6.45, 7) is -0.591. The minimum Gasteiger partial charge on any atom is -0.445 e. The Morgan fingerprint density at radius 3 is 2.57 bits per heavy atom. The standard InChI is InChI=1S/C12H13FN4O3S/c13-8-20-12-7-15-6-11(17-12)16-5-9-1-3-10(4-2-9)21(14,18)19/h1-4,6-7H,5,8H2,(H,16,17)(H2,14,18,19). The molecule has 9 heteroatoms. The van der Waals surface area contributed by atoms with E-state index in [0.717, 1.165) is 5.56 Å². The Kier molecular flexibility index (Phi) is 4.66. The molecular formula is C12H13FN4O3S. The van der Waals surface area contributed by atoms with E-state index >= 15 is 0 Å². The van der Waals surface area contributed by atoms with Gasteiger partial charge >= 0.3 is 0 Å². The van der Waals surface area contributed by atoms with Crippen LogP contribution in [0.4, 0.5) is 10.2 Å². The first-order valence-corrected chi connectivity index (χ1v) is 7.40. The predicted octanol–water partition coefficient (Wildman–Crippen LogP) is 1.04. The molecule has 0 saturated heterocycles. The van der Waals surface area contributed by atoms with Crippen LogP contribution in [0.25, 0.3) is 0 Å². The highest BCUT2D eigenvalue weighted by Crippen LogP contribution is 2.12. The SMILES string of the molecule is NS(=O)(=O)c1ccc(CNc2cncc(OCF)n2)cc1. The van der Waals surface area contributed by atoms with Crippen LogP contribution in [0.3, 0.4) is 0 Å². The zero-order valence-corrected chi connectivity index (χ0v) is 11.7. The number of aromatic nitrogens is 2. The number of sulfonamides is 1. The number of nitrogens with two attached hydrogens (primary N) is 1. The first-order chi connectivity index (χ1) is 9.99.